The average Bonchev–Trinajstić information content (AvgIpc) is 2.55. The predicted octanol–water partition coefficient (Wildman–Crippen LogP) is 3.76. The minimum absolute atomic E-state index is 0.112. The molecule has 1 N–H and O–H groups in total. The Hall–Kier alpha value is -3.46. The molecule has 0 aliphatic rings. The van der Waals surface area contributed by atoms with Gasteiger partial charge in [0.25, 0.3) is 5.69 Å². The summed E-state index contributed by atoms with van der Waals surface area (Å²) in [7, 11) is 0. The van der Waals surface area contributed by atoms with E-state index in [-0.39, 0.29) is 11.3 Å². The zero-order chi connectivity index (χ0) is 15.5. The third-order valence-electron chi connectivity index (χ3n) is 3.20. The highest BCUT2D eigenvalue weighted by Crippen LogP contribution is 2.25. The number of rotatable bonds is 3. The molecule has 3 aromatic rings. The molecule has 106 valence electrons. The molecule has 1 heterocycles. The fourth-order valence-corrected chi connectivity index (χ4v) is 2.14. The van der Waals surface area contributed by atoms with Gasteiger partial charge in [-0.05, 0) is 18.2 Å². The maximum absolute atomic E-state index is 10.8. The lowest BCUT2D eigenvalue weighted by molar-refractivity contribution is -0.384. The van der Waals surface area contributed by atoms with Crippen LogP contribution in [0.15, 0.2) is 54.7 Å². The number of benzene rings is 2. The van der Waals surface area contributed by atoms with Crippen LogP contribution in [-0.4, -0.2) is 9.91 Å². The number of non-ortho nitro benzene ring substituents is 1. The highest BCUT2D eigenvalue weighted by molar-refractivity contribution is 5.83. The first kappa shape index (κ1) is 13.5. The summed E-state index contributed by atoms with van der Waals surface area (Å²) in [6, 6.07) is 15.7. The van der Waals surface area contributed by atoms with Crippen molar-refractivity contribution in [3.8, 4) is 6.07 Å². The molecule has 0 aliphatic carbocycles. The first-order chi connectivity index (χ1) is 10.7. The van der Waals surface area contributed by atoms with Crippen LogP contribution in [0.2, 0.25) is 0 Å². The van der Waals surface area contributed by atoms with Crippen molar-refractivity contribution in [2.24, 2.45) is 0 Å². The maximum Gasteiger partial charge on any atom is 0.270 e. The number of nitro benzene ring substituents is 1. The van der Waals surface area contributed by atoms with Gasteiger partial charge >= 0.3 is 0 Å². The number of hydrogen-bond donors (Lipinski definition) is 1. The Kier molecular flexibility index (Phi) is 3.38. The van der Waals surface area contributed by atoms with E-state index in [9.17, 15) is 10.1 Å². The number of pyridine rings is 1. The van der Waals surface area contributed by atoms with E-state index in [1.807, 2.05) is 36.4 Å². The van der Waals surface area contributed by atoms with Crippen LogP contribution in [0, 0.1) is 21.4 Å². The van der Waals surface area contributed by atoms with Crippen LogP contribution in [0.4, 0.5) is 17.1 Å². The van der Waals surface area contributed by atoms with Crippen LogP contribution in [0.25, 0.3) is 10.9 Å². The van der Waals surface area contributed by atoms with Gasteiger partial charge in [0, 0.05) is 17.5 Å². The number of aromatic nitrogens is 1. The minimum atomic E-state index is -0.526. The zero-order valence-electron chi connectivity index (χ0n) is 11.4. The second-order valence-electron chi connectivity index (χ2n) is 4.64. The Morgan fingerprint density at radius 1 is 1.18 bits per heavy atom. The number of fused-ring (bicyclic) bond motifs is 1. The standard InChI is InChI=1S/C16H10N4O2/c17-9-12-8-14(20(21)22)5-6-16(12)19-13-7-11-3-1-2-4-15(11)18-10-13/h1-8,10,19H. The van der Waals surface area contributed by atoms with E-state index in [0.717, 1.165) is 10.9 Å². The normalized spacial score (nSPS) is 10.1. The van der Waals surface area contributed by atoms with Crippen LogP contribution >= 0.6 is 0 Å². The van der Waals surface area contributed by atoms with Crippen molar-refractivity contribution < 1.29 is 4.92 Å². The quantitative estimate of drug-likeness (QED) is 0.585. The second kappa shape index (κ2) is 5.50. The van der Waals surface area contributed by atoms with Crippen molar-refractivity contribution >= 4 is 28.0 Å². The molecular weight excluding hydrogens is 280 g/mol. The van der Waals surface area contributed by atoms with Crippen LogP contribution in [-0.2, 0) is 0 Å². The van der Waals surface area contributed by atoms with Gasteiger partial charge in [-0.25, -0.2) is 0 Å². The number of nitrogens with zero attached hydrogens (tertiary/aromatic N) is 3. The first-order valence-corrected chi connectivity index (χ1v) is 6.48. The molecule has 6 heteroatoms. The zero-order valence-corrected chi connectivity index (χ0v) is 11.4. The third kappa shape index (κ3) is 2.55. The van der Waals surface area contributed by atoms with Crippen molar-refractivity contribution in [2.45, 2.75) is 0 Å². The Morgan fingerprint density at radius 3 is 2.77 bits per heavy atom. The molecule has 2 aromatic carbocycles. The highest BCUT2D eigenvalue weighted by atomic mass is 16.6. The Bertz CT molecular complexity index is 915. The smallest absolute Gasteiger partial charge is 0.270 e. The van der Waals surface area contributed by atoms with Gasteiger partial charge in [0.1, 0.15) is 6.07 Å². The topological polar surface area (TPSA) is 91.8 Å². The highest BCUT2D eigenvalue weighted by Gasteiger charge is 2.11. The molecule has 0 saturated heterocycles. The lowest BCUT2D eigenvalue weighted by atomic mass is 10.1. The molecule has 1 aromatic heterocycles. The minimum Gasteiger partial charge on any atom is -0.353 e. The third-order valence-corrected chi connectivity index (χ3v) is 3.20. The van der Waals surface area contributed by atoms with Crippen molar-refractivity contribution in [1.82, 2.24) is 4.98 Å². The Morgan fingerprint density at radius 2 is 2.00 bits per heavy atom. The summed E-state index contributed by atoms with van der Waals surface area (Å²) < 4.78 is 0. The molecule has 22 heavy (non-hydrogen) atoms. The van der Waals surface area contributed by atoms with Gasteiger partial charge in [0.15, 0.2) is 0 Å². The summed E-state index contributed by atoms with van der Waals surface area (Å²) in [6.45, 7) is 0. The lowest BCUT2D eigenvalue weighted by Crippen LogP contribution is -1.96. The van der Waals surface area contributed by atoms with Gasteiger partial charge in [-0.3, -0.25) is 15.1 Å². The summed E-state index contributed by atoms with van der Waals surface area (Å²) in [5, 5.41) is 23.9. The van der Waals surface area contributed by atoms with Crippen LogP contribution in [0.3, 0.4) is 0 Å². The van der Waals surface area contributed by atoms with Gasteiger partial charge in [0.05, 0.1) is 33.6 Å². The van der Waals surface area contributed by atoms with Gasteiger partial charge in [0.2, 0.25) is 0 Å². The van der Waals surface area contributed by atoms with E-state index >= 15 is 0 Å². The molecule has 0 spiro atoms. The summed E-state index contributed by atoms with van der Waals surface area (Å²) >= 11 is 0. The second-order valence-corrected chi connectivity index (χ2v) is 4.64. The van der Waals surface area contributed by atoms with Crippen molar-refractivity contribution in [1.29, 1.82) is 5.26 Å². The molecule has 0 saturated carbocycles. The molecule has 0 aliphatic heterocycles. The molecule has 3 rings (SSSR count). The van der Waals surface area contributed by atoms with Gasteiger partial charge in [-0.15, -0.1) is 0 Å². The Labute approximate surface area is 125 Å². The summed E-state index contributed by atoms with van der Waals surface area (Å²) in [5.74, 6) is 0. The fraction of sp³-hybridized carbons (Fsp3) is 0. The number of para-hydroxylation sites is 1. The number of nitrogens with one attached hydrogen (secondary N) is 1. The SMILES string of the molecule is N#Cc1cc([N+](=O)[O-])ccc1Nc1cnc2ccccc2c1. The monoisotopic (exact) mass is 290 g/mol. The fourth-order valence-electron chi connectivity index (χ4n) is 2.14. The van der Waals surface area contributed by atoms with Crippen molar-refractivity contribution in [3.63, 3.8) is 0 Å². The molecule has 0 amide bonds. The van der Waals surface area contributed by atoms with E-state index in [0.29, 0.717) is 11.4 Å². The Balaban J connectivity index is 1.97. The van der Waals surface area contributed by atoms with E-state index in [1.54, 1.807) is 6.20 Å². The van der Waals surface area contributed by atoms with Crippen molar-refractivity contribution in [2.75, 3.05) is 5.32 Å². The summed E-state index contributed by atoms with van der Waals surface area (Å²) in [4.78, 5) is 14.6. The summed E-state index contributed by atoms with van der Waals surface area (Å²) in [5.41, 5.74) is 2.19. The van der Waals surface area contributed by atoms with Crippen LogP contribution in [0.1, 0.15) is 5.56 Å². The molecule has 6 nitrogen and oxygen atoms in total. The summed E-state index contributed by atoms with van der Waals surface area (Å²) in [6.07, 6.45) is 1.66. The maximum atomic E-state index is 10.8. The average molecular weight is 290 g/mol. The van der Waals surface area contributed by atoms with Crippen LogP contribution in [0.5, 0.6) is 0 Å². The number of nitriles is 1. The van der Waals surface area contributed by atoms with E-state index < -0.39 is 4.92 Å². The van der Waals surface area contributed by atoms with Crippen LogP contribution < -0.4 is 5.32 Å². The van der Waals surface area contributed by atoms with Gasteiger partial charge in [-0.2, -0.15) is 5.26 Å². The van der Waals surface area contributed by atoms with Crippen molar-refractivity contribution in [3.05, 3.63) is 70.4 Å². The largest absolute Gasteiger partial charge is 0.353 e. The molecular formula is C16H10N4O2. The van der Waals surface area contributed by atoms with E-state index in [4.69, 9.17) is 5.26 Å². The first-order valence-electron chi connectivity index (χ1n) is 6.48. The molecule has 0 radical (unpaired) electrons. The van der Waals surface area contributed by atoms with E-state index in [1.165, 1.54) is 18.2 Å². The predicted molar refractivity (Wildman–Crippen MR) is 82.8 cm³/mol. The van der Waals surface area contributed by atoms with Gasteiger partial charge in [-0.1, -0.05) is 18.2 Å². The molecule has 0 bridgehead atoms. The molecule has 0 atom stereocenters. The number of anilines is 2. The molecule has 0 fully saturated rings. The van der Waals surface area contributed by atoms with E-state index in [2.05, 4.69) is 10.3 Å². The molecule has 0 unspecified atom stereocenters. The number of nitro groups is 1. The number of hydrogen-bond acceptors (Lipinski definition) is 5. The lowest BCUT2D eigenvalue weighted by Gasteiger charge is -2.08. The van der Waals surface area contributed by atoms with Gasteiger partial charge < -0.3 is 5.32 Å².